The number of piperidine rings is 1. The van der Waals surface area contributed by atoms with Crippen molar-refractivity contribution >= 4 is 11.8 Å². The highest BCUT2D eigenvalue weighted by Crippen LogP contribution is 2.30. The first-order chi connectivity index (χ1) is 16.9. The summed E-state index contributed by atoms with van der Waals surface area (Å²) in [5.74, 6) is 0.764. The molecule has 2 aromatic rings. The fourth-order valence-electron chi connectivity index (χ4n) is 4.08. The van der Waals surface area contributed by atoms with Crippen molar-refractivity contribution in [3.8, 4) is 17.2 Å². The third-order valence-electron chi connectivity index (χ3n) is 5.84. The molecule has 0 atom stereocenters. The molecule has 0 aliphatic carbocycles. The molecule has 9 heteroatoms. The third-order valence-corrected chi connectivity index (χ3v) is 5.84. The maximum absolute atomic E-state index is 13.0. The van der Waals surface area contributed by atoms with Crippen molar-refractivity contribution in [3.63, 3.8) is 0 Å². The van der Waals surface area contributed by atoms with Gasteiger partial charge in [-0.1, -0.05) is 24.3 Å². The van der Waals surface area contributed by atoms with Crippen LogP contribution in [0, 0.1) is 5.92 Å². The number of rotatable bonds is 11. The first-order valence-corrected chi connectivity index (χ1v) is 11.8. The molecule has 1 fully saturated rings. The second-order valence-electron chi connectivity index (χ2n) is 8.35. The van der Waals surface area contributed by atoms with Crippen molar-refractivity contribution in [1.82, 2.24) is 9.80 Å². The van der Waals surface area contributed by atoms with Gasteiger partial charge in [-0.05, 0) is 49.6 Å². The fourth-order valence-corrected chi connectivity index (χ4v) is 4.08. The molecule has 35 heavy (non-hydrogen) atoms. The average molecular weight is 491 g/mol. The minimum Gasteiger partial charge on any atom is -0.493 e. The van der Waals surface area contributed by atoms with E-state index >= 15 is 0 Å². The largest absolute Gasteiger partial charge is 0.493 e. The fraction of sp³-hybridized carbons (Fsp3) is 0.462. The number of carbonyl (C=O) groups excluding carboxylic acids is 2. The summed E-state index contributed by atoms with van der Waals surface area (Å²) in [6.07, 6.45) is 1.49. The van der Waals surface area contributed by atoms with Crippen LogP contribution < -0.4 is 14.2 Å². The lowest BCUT2D eigenvalue weighted by Crippen LogP contribution is -2.43. The predicted molar refractivity (Wildman–Crippen MR) is 127 cm³/mol. The van der Waals surface area contributed by atoms with Crippen LogP contribution in [-0.4, -0.2) is 61.6 Å². The number of likely N-dealkylation sites (tertiary alicyclic amines) is 1. The highest BCUT2D eigenvalue weighted by Gasteiger charge is 2.29. The highest BCUT2D eigenvalue weighted by atomic mass is 19.3. The zero-order valence-corrected chi connectivity index (χ0v) is 20.1. The Morgan fingerprint density at radius 1 is 1.06 bits per heavy atom. The molecule has 0 aromatic heterocycles. The SMILES string of the molecule is CCOc1cc(CN(C)C(=O)C2CCN(C(=O)CCOc3ccccc3)CC2)ccc1OC(F)F. The second-order valence-corrected chi connectivity index (χ2v) is 8.35. The van der Waals surface area contributed by atoms with Gasteiger partial charge in [-0.2, -0.15) is 8.78 Å². The van der Waals surface area contributed by atoms with Crippen LogP contribution in [0.2, 0.25) is 0 Å². The van der Waals surface area contributed by atoms with Crippen LogP contribution >= 0.6 is 0 Å². The molecule has 2 amide bonds. The van der Waals surface area contributed by atoms with E-state index in [4.69, 9.17) is 9.47 Å². The van der Waals surface area contributed by atoms with Gasteiger partial charge in [0.15, 0.2) is 11.5 Å². The van der Waals surface area contributed by atoms with Gasteiger partial charge in [-0.25, -0.2) is 0 Å². The van der Waals surface area contributed by atoms with Gasteiger partial charge < -0.3 is 24.0 Å². The number of alkyl halides is 2. The first kappa shape index (κ1) is 26.2. The van der Waals surface area contributed by atoms with Gasteiger partial charge in [0, 0.05) is 32.6 Å². The lowest BCUT2D eigenvalue weighted by molar-refractivity contribution is -0.140. The smallest absolute Gasteiger partial charge is 0.387 e. The normalized spacial score (nSPS) is 14.0. The first-order valence-electron chi connectivity index (χ1n) is 11.8. The summed E-state index contributed by atoms with van der Waals surface area (Å²) in [7, 11) is 1.71. The summed E-state index contributed by atoms with van der Waals surface area (Å²) in [5.41, 5.74) is 0.747. The molecule has 190 valence electrons. The summed E-state index contributed by atoms with van der Waals surface area (Å²) in [5, 5.41) is 0. The number of benzene rings is 2. The monoisotopic (exact) mass is 490 g/mol. The zero-order valence-electron chi connectivity index (χ0n) is 20.1. The molecule has 2 aromatic carbocycles. The molecule has 0 bridgehead atoms. The molecule has 1 saturated heterocycles. The average Bonchev–Trinajstić information content (AvgIpc) is 2.85. The van der Waals surface area contributed by atoms with Gasteiger partial charge in [0.05, 0.1) is 19.6 Å². The third kappa shape index (κ3) is 7.83. The van der Waals surface area contributed by atoms with Crippen molar-refractivity contribution in [2.75, 3.05) is 33.4 Å². The molecule has 0 spiro atoms. The van der Waals surface area contributed by atoms with E-state index in [0.717, 1.165) is 11.3 Å². The molecule has 0 saturated carbocycles. The number of carbonyl (C=O) groups is 2. The minimum atomic E-state index is -2.95. The maximum atomic E-state index is 13.0. The topological polar surface area (TPSA) is 68.3 Å². The summed E-state index contributed by atoms with van der Waals surface area (Å²) in [4.78, 5) is 28.9. The Kier molecular flexibility index (Phi) is 9.69. The number of hydrogen-bond donors (Lipinski definition) is 0. The second kappa shape index (κ2) is 12.9. The van der Waals surface area contributed by atoms with Gasteiger partial charge >= 0.3 is 6.61 Å². The van der Waals surface area contributed by atoms with Crippen molar-refractivity contribution < 1.29 is 32.6 Å². The van der Waals surface area contributed by atoms with E-state index in [1.165, 1.54) is 6.07 Å². The molecule has 0 radical (unpaired) electrons. The Morgan fingerprint density at radius 3 is 2.43 bits per heavy atom. The molecule has 7 nitrogen and oxygen atoms in total. The molecular weight excluding hydrogens is 458 g/mol. The molecule has 1 heterocycles. The number of ether oxygens (including phenoxy) is 3. The van der Waals surface area contributed by atoms with Crippen LogP contribution in [0.15, 0.2) is 48.5 Å². The van der Waals surface area contributed by atoms with Gasteiger partial charge in [-0.15, -0.1) is 0 Å². The summed E-state index contributed by atoms with van der Waals surface area (Å²) in [6, 6.07) is 14.0. The number of amides is 2. The van der Waals surface area contributed by atoms with Crippen LogP contribution in [0.4, 0.5) is 8.78 Å². The number of nitrogens with zero attached hydrogens (tertiary/aromatic N) is 2. The zero-order chi connectivity index (χ0) is 25.2. The van der Waals surface area contributed by atoms with E-state index in [9.17, 15) is 18.4 Å². The van der Waals surface area contributed by atoms with E-state index in [-0.39, 0.29) is 29.2 Å². The Labute approximate surface area is 204 Å². The summed E-state index contributed by atoms with van der Waals surface area (Å²) < 4.78 is 40.7. The minimum absolute atomic E-state index is 0.00428. The molecule has 0 unspecified atom stereocenters. The Morgan fingerprint density at radius 2 is 1.77 bits per heavy atom. The molecule has 3 rings (SSSR count). The maximum Gasteiger partial charge on any atom is 0.387 e. The van der Waals surface area contributed by atoms with E-state index in [1.807, 2.05) is 30.3 Å². The van der Waals surface area contributed by atoms with Crippen LogP contribution in [-0.2, 0) is 16.1 Å². The highest BCUT2D eigenvalue weighted by molar-refractivity contribution is 5.80. The van der Waals surface area contributed by atoms with E-state index in [0.29, 0.717) is 52.1 Å². The lowest BCUT2D eigenvalue weighted by Gasteiger charge is -2.33. The summed E-state index contributed by atoms with van der Waals surface area (Å²) >= 11 is 0. The van der Waals surface area contributed by atoms with Crippen molar-refractivity contribution in [1.29, 1.82) is 0 Å². The number of hydrogen-bond acceptors (Lipinski definition) is 5. The van der Waals surface area contributed by atoms with Crippen molar-refractivity contribution in [2.45, 2.75) is 39.3 Å². The van der Waals surface area contributed by atoms with Crippen LogP contribution in [0.3, 0.4) is 0 Å². The summed E-state index contributed by atoms with van der Waals surface area (Å²) in [6.45, 7) is 0.790. The quantitative estimate of drug-likeness (QED) is 0.469. The van der Waals surface area contributed by atoms with E-state index < -0.39 is 6.61 Å². The van der Waals surface area contributed by atoms with E-state index in [1.54, 1.807) is 35.9 Å². The van der Waals surface area contributed by atoms with Crippen LogP contribution in [0.25, 0.3) is 0 Å². The van der Waals surface area contributed by atoms with E-state index in [2.05, 4.69) is 4.74 Å². The molecule has 1 aliphatic rings. The standard InChI is InChI=1S/C26H32F2N2O5/c1-3-33-23-17-19(9-10-22(23)35-26(27)28)18-29(2)25(32)20-11-14-30(15-12-20)24(31)13-16-34-21-7-5-4-6-8-21/h4-10,17,20,26H,3,11-16,18H2,1-2H3. The van der Waals surface area contributed by atoms with Gasteiger partial charge in [0.2, 0.25) is 11.8 Å². The van der Waals surface area contributed by atoms with Crippen molar-refractivity contribution in [2.24, 2.45) is 5.92 Å². The lowest BCUT2D eigenvalue weighted by atomic mass is 9.95. The molecule has 0 N–H and O–H groups in total. The Balaban J connectivity index is 1.46. The number of halogens is 2. The van der Waals surface area contributed by atoms with Gasteiger partial charge in [0.1, 0.15) is 5.75 Å². The van der Waals surface area contributed by atoms with Gasteiger partial charge in [-0.3, -0.25) is 9.59 Å². The predicted octanol–water partition coefficient (Wildman–Crippen LogP) is 4.35. The molecule has 1 aliphatic heterocycles. The molecular formula is C26H32F2N2O5. The van der Waals surface area contributed by atoms with Crippen molar-refractivity contribution in [3.05, 3.63) is 54.1 Å². The van der Waals surface area contributed by atoms with Crippen LogP contribution in [0.1, 0.15) is 31.7 Å². The van der Waals surface area contributed by atoms with Crippen LogP contribution in [0.5, 0.6) is 17.2 Å². The van der Waals surface area contributed by atoms with Gasteiger partial charge in [0.25, 0.3) is 0 Å². The number of para-hydroxylation sites is 1. The Bertz CT molecular complexity index is 965. The Hall–Kier alpha value is -3.36.